The number of carbonyl (C=O) groups is 1. The van der Waals surface area contributed by atoms with E-state index in [2.05, 4.69) is 20.4 Å². The maximum atomic E-state index is 12.5. The number of rotatable bonds is 3. The van der Waals surface area contributed by atoms with Gasteiger partial charge in [0.1, 0.15) is 0 Å². The molecule has 2 N–H and O–H groups in total. The lowest BCUT2D eigenvalue weighted by Crippen LogP contribution is -2.45. The van der Waals surface area contributed by atoms with Crippen LogP contribution >= 0.6 is 0 Å². The third kappa shape index (κ3) is 3.31. The molecule has 0 radical (unpaired) electrons. The molecule has 5 heteroatoms. The number of nitrogens with one attached hydrogen (secondary N) is 2. The van der Waals surface area contributed by atoms with Crippen LogP contribution in [0.5, 0.6) is 0 Å². The quantitative estimate of drug-likeness (QED) is 0.911. The summed E-state index contributed by atoms with van der Waals surface area (Å²) in [5.74, 6) is 0.0412. The molecule has 1 aliphatic heterocycles. The molecule has 5 nitrogen and oxygen atoms in total. The van der Waals surface area contributed by atoms with Gasteiger partial charge in [-0.25, -0.2) is 0 Å². The van der Waals surface area contributed by atoms with Crippen molar-refractivity contribution in [2.75, 3.05) is 13.1 Å². The second-order valence-electron chi connectivity index (χ2n) is 7.25. The SMILES string of the molecule is O=C(NC1CCC(N2CCCCC2)CC1)c1ccc2[nH]ncc2c1. The zero-order valence-electron chi connectivity index (χ0n) is 14.1. The lowest BCUT2D eigenvalue weighted by Gasteiger charge is -2.39. The van der Waals surface area contributed by atoms with Gasteiger partial charge in [0, 0.05) is 23.0 Å². The van der Waals surface area contributed by atoms with Gasteiger partial charge in [-0.15, -0.1) is 0 Å². The monoisotopic (exact) mass is 326 g/mol. The summed E-state index contributed by atoms with van der Waals surface area (Å²) in [4.78, 5) is 15.2. The maximum Gasteiger partial charge on any atom is 0.251 e. The van der Waals surface area contributed by atoms with Crippen molar-refractivity contribution in [2.45, 2.75) is 57.0 Å². The highest BCUT2D eigenvalue weighted by Crippen LogP contribution is 2.26. The molecule has 1 aromatic heterocycles. The maximum absolute atomic E-state index is 12.5. The molecule has 2 heterocycles. The average molecular weight is 326 g/mol. The van der Waals surface area contributed by atoms with Gasteiger partial charge in [0.2, 0.25) is 0 Å². The second kappa shape index (κ2) is 6.93. The summed E-state index contributed by atoms with van der Waals surface area (Å²) >= 11 is 0. The summed E-state index contributed by atoms with van der Waals surface area (Å²) < 4.78 is 0. The fraction of sp³-hybridized carbons (Fsp3) is 0.579. The fourth-order valence-corrected chi connectivity index (χ4v) is 4.22. The molecule has 1 aliphatic carbocycles. The molecule has 128 valence electrons. The van der Waals surface area contributed by atoms with Gasteiger partial charge in [0.25, 0.3) is 5.91 Å². The van der Waals surface area contributed by atoms with Crippen molar-refractivity contribution < 1.29 is 4.79 Å². The van der Waals surface area contributed by atoms with E-state index in [1.807, 2.05) is 18.2 Å². The summed E-state index contributed by atoms with van der Waals surface area (Å²) in [5.41, 5.74) is 1.69. The van der Waals surface area contributed by atoms with E-state index in [0.29, 0.717) is 6.04 Å². The van der Waals surface area contributed by atoms with Gasteiger partial charge in [-0.1, -0.05) is 6.42 Å². The van der Waals surface area contributed by atoms with Crippen molar-refractivity contribution in [2.24, 2.45) is 0 Å². The van der Waals surface area contributed by atoms with Crippen LogP contribution in [-0.2, 0) is 0 Å². The van der Waals surface area contributed by atoms with E-state index in [0.717, 1.165) is 35.3 Å². The molecule has 2 aliphatic rings. The van der Waals surface area contributed by atoms with E-state index in [-0.39, 0.29) is 5.91 Å². The highest BCUT2D eigenvalue weighted by Gasteiger charge is 2.27. The number of fused-ring (bicyclic) bond motifs is 1. The van der Waals surface area contributed by atoms with Crippen molar-refractivity contribution in [3.8, 4) is 0 Å². The van der Waals surface area contributed by atoms with Crippen LogP contribution in [0, 0.1) is 0 Å². The largest absolute Gasteiger partial charge is 0.349 e. The van der Waals surface area contributed by atoms with Gasteiger partial charge in [0.15, 0.2) is 0 Å². The molecule has 1 aromatic carbocycles. The third-order valence-electron chi connectivity index (χ3n) is 5.64. The van der Waals surface area contributed by atoms with Crippen LogP contribution in [0.1, 0.15) is 55.3 Å². The molecule has 2 aromatic rings. The number of aromatic nitrogens is 2. The average Bonchev–Trinajstić information content (AvgIpc) is 3.11. The van der Waals surface area contributed by atoms with Crippen LogP contribution in [-0.4, -0.2) is 46.2 Å². The Bertz CT molecular complexity index is 696. The molecule has 4 rings (SSSR count). The Morgan fingerprint density at radius 3 is 2.71 bits per heavy atom. The minimum absolute atomic E-state index is 0.0412. The predicted molar refractivity (Wildman–Crippen MR) is 95.0 cm³/mol. The van der Waals surface area contributed by atoms with E-state index in [9.17, 15) is 4.79 Å². The Kier molecular flexibility index (Phi) is 4.52. The second-order valence-corrected chi connectivity index (χ2v) is 7.25. The molecular formula is C19H26N4O. The Morgan fingerprint density at radius 1 is 1.12 bits per heavy atom. The first kappa shape index (κ1) is 15.6. The van der Waals surface area contributed by atoms with E-state index < -0.39 is 0 Å². The van der Waals surface area contributed by atoms with Gasteiger partial charge in [-0.3, -0.25) is 9.89 Å². The number of hydrogen-bond acceptors (Lipinski definition) is 3. The lowest BCUT2D eigenvalue weighted by atomic mass is 9.89. The molecule has 1 amide bonds. The zero-order valence-corrected chi connectivity index (χ0v) is 14.1. The van der Waals surface area contributed by atoms with Crippen molar-refractivity contribution in [3.05, 3.63) is 30.0 Å². The van der Waals surface area contributed by atoms with Gasteiger partial charge in [0.05, 0.1) is 11.7 Å². The minimum Gasteiger partial charge on any atom is -0.349 e. The van der Waals surface area contributed by atoms with Gasteiger partial charge in [-0.05, 0) is 69.8 Å². The Labute approximate surface area is 142 Å². The molecule has 1 saturated carbocycles. The van der Waals surface area contributed by atoms with E-state index >= 15 is 0 Å². The van der Waals surface area contributed by atoms with Crippen molar-refractivity contribution in [3.63, 3.8) is 0 Å². The van der Waals surface area contributed by atoms with Gasteiger partial charge in [-0.2, -0.15) is 5.10 Å². The van der Waals surface area contributed by atoms with Crippen LogP contribution < -0.4 is 5.32 Å². The Balaban J connectivity index is 1.32. The number of nitrogens with zero attached hydrogens (tertiary/aromatic N) is 2. The molecule has 0 bridgehead atoms. The van der Waals surface area contributed by atoms with E-state index in [1.54, 1.807) is 6.20 Å². The molecule has 24 heavy (non-hydrogen) atoms. The van der Waals surface area contributed by atoms with Crippen molar-refractivity contribution in [1.82, 2.24) is 20.4 Å². The topological polar surface area (TPSA) is 61.0 Å². The van der Waals surface area contributed by atoms with Crippen LogP contribution in [0.4, 0.5) is 0 Å². The highest BCUT2D eigenvalue weighted by molar-refractivity contribution is 5.98. The van der Waals surface area contributed by atoms with E-state index in [1.165, 1.54) is 45.2 Å². The standard InChI is InChI=1S/C19H26N4O/c24-19(14-4-9-18-15(12-14)13-20-22-18)21-16-5-7-17(8-6-16)23-10-2-1-3-11-23/h4,9,12-13,16-17H,1-3,5-8,10-11H2,(H,20,22)(H,21,24). The molecule has 0 atom stereocenters. The molecule has 1 saturated heterocycles. The normalized spacial score (nSPS) is 25.7. The smallest absolute Gasteiger partial charge is 0.251 e. The molecular weight excluding hydrogens is 300 g/mol. The number of carbonyl (C=O) groups excluding carboxylic acids is 1. The van der Waals surface area contributed by atoms with Crippen molar-refractivity contribution >= 4 is 16.8 Å². The number of aromatic amines is 1. The predicted octanol–water partition coefficient (Wildman–Crippen LogP) is 3.09. The first-order valence-corrected chi connectivity index (χ1v) is 9.27. The number of H-pyrrole nitrogens is 1. The minimum atomic E-state index is 0.0412. The molecule has 0 spiro atoms. The number of likely N-dealkylation sites (tertiary alicyclic amines) is 1. The first-order valence-electron chi connectivity index (χ1n) is 9.27. The van der Waals surface area contributed by atoms with E-state index in [4.69, 9.17) is 0 Å². The van der Waals surface area contributed by atoms with Crippen LogP contribution in [0.2, 0.25) is 0 Å². The summed E-state index contributed by atoms with van der Waals surface area (Å²) in [6.07, 6.45) is 10.5. The Hall–Kier alpha value is -1.88. The Morgan fingerprint density at radius 2 is 1.92 bits per heavy atom. The molecule has 2 fully saturated rings. The number of hydrogen-bond donors (Lipinski definition) is 2. The third-order valence-corrected chi connectivity index (χ3v) is 5.64. The van der Waals surface area contributed by atoms with Crippen LogP contribution in [0.25, 0.3) is 10.9 Å². The number of amides is 1. The summed E-state index contributed by atoms with van der Waals surface area (Å²) in [7, 11) is 0. The summed E-state index contributed by atoms with van der Waals surface area (Å²) in [5, 5.41) is 11.1. The van der Waals surface area contributed by atoms with Crippen LogP contribution in [0.3, 0.4) is 0 Å². The van der Waals surface area contributed by atoms with Crippen LogP contribution in [0.15, 0.2) is 24.4 Å². The number of piperidine rings is 1. The number of benzene rings is 1. The summed E-state index contributed by atoms with van der Waals surface area (Å²) in [6.45, 7) is 2.54. The van der Waals surface area contributed by atoms with Crippen molar-refractivity contribution in [1.29, 1.82) is 0 Å². The zero-order chi connectivity index (χ0) is 16.4. The highest BCUT2D eigenvalue weighted by atomic mass is 16.1. The fourth-order valence-electron chi connectivity index (χ4n) is 4.22. The lowest BCUT2D eigenvalue weighted by molar-refractivity contribution is 0.0888. The first-order chi connectivity index (χ1) is 11.8. The van der Waals surface area contributed by atoms with Gasteiger partial charge < -0.3 is 10.2 Å². The van der Waals surface area contributed by atoms with Gasteiger partial charge >= 0.3 is 0 Å². The molecule has 0 unspecified atom stereocenters. The summed E-state index contributed by atoms with van der Waals surface area (Å²) in [6, 6.07) is 6.76.